The molecule has 0 aliphatic rings. The molecule has 1 N–H and O–H groups in total. The molecule has 2 aromatic rings. The molecule has 2 rings (SSSR count). The number of fused-ring (bicyclic) bond motifs is 1. The number of ether oxygens (including phenoxy) is 1. The molecule has 0 radical (unpaired) electrons. The molecule has 20 heavy (non-hydrogen) atoms. The van der Waals surface area contributed by atoms with Gasteiger partial charge in [-0.05, 0) is 43.2 Å². The molecule has 0 saturated heterocycles. The fourth-order valence-electron chi connectivity index (χ4n) is 1.75. The maximum Gasteiger partial charge on any atom is 0.428 e. The van der Waals surface area contributed by atoms with Crippen LogP contribution in [0.15, 0.2) is 47.6 Å². The molecule has 0 aliphatic heterocycles. The van der Waals surface area contributed by atoms with Crippen molar-refractivity contribution in [1.82, 2.24) is 5.43 Å². The number of nitrogens with one attached hydrogen (secondary N) is 1. The number of hydrogen-bond acceptors (Lipinski definition) is 3. The van der Waals surface area contributed by atoms with Gasteiger partial charge in [-0.3, -0.25) is 0 Å². The van der Waals surface area contributed by atoms with Gasteiger partial charge in [-0.25, -0.2) is 10.2 Å². The number of amides is 1. The van der Waals surface area contributed by atoms with Crippen molar-refractivity contribution in [3.63, 3.8) is 0 Å². The summed E-state index contributed by atoms with van der Waals surface area (Å²) in [6.07, 6.45) is 1.03. The lowest BCUT2D eigenvalue weighted by atomic mass is 10.1. The summed E-state index contributed by atoms with van der Waals surface area (Å²) in [4.78, 5) is 11.4. The van der Waals surface area contributed by atoms with Crippen LogP contribution in [0.4, 0.5) is 4.79 Å². The molecule has 0 heterocycles. The third kappa shape index (κ3) is 4.09. The van der Waals surface area contributed by atoms with E-state index in [9.17, 15) is 4.79 Å². The van der Waals surface area contributed by atoms with Crippen molar-refractivity contribution in [2.45, 2.75) is 26.4 Å². The highest BCUT2D eigenvalue weighted by Crippen LogP contribution is 2.14. The molecule has 0 aliphatic carbocycles. The van der Waals surface area contributed by atoms with Crippen LogP contribution in [0.5, 0.6) is 0 Å². The fourth-order valence-corrected chi connectivity index (χ4v) is 1.75. The van der Waals surface area contributed by atoms with E-state index in [4.69, 9.17) is 4.74 Å². The van der Waals surface area contributed by atoms with Crippen LogP contribution in [0.25, 0.3) is 10.8 Å². The zero-order chi connectivity index (χ0) is 14.6. The number of carbonyl (C=O) groups excluding carboxylic acids is 1. The Bertz CT molecular complexity index is 642. The Balaban J connectivity index is 2.01. The smallest absolute Gasteiger partial charge is 0.428 e. The van der Waals surface area contributed by atoms with Crippen LogP contribution in [0.2, 0.25) is 0 Å². The average Bonchev–Trinajstić information content (AvgIpc) is 2.36. The Kier molecular flexibility index (Phi) is 4.03. The first-order valence-electron chi connectivity index (χ1n) is 6.45. The lowest BCUT2D eigenvalue weighted by molar-refractivity contribution is 0.0529. The van der Waals surface area contributed by atoms with Crippen LogP contribution < -0.4 is 5.43 Å². The first-order chi connectivity index (χ1) is 9.44. The predicted octanol–water partition coefficient (Wildman–Crippen LogP) is 3.70. The number of carbonyl (C=O) groups is 1. The molecule has 2 aromatic carbocycles. The maximum absolute atomic E-state index is 11.4. The summed E-state index contributed by atoms with van der Waals surface area (Å²) >= 11 is 0. The fraction of sp³-hybridized carbons (Fsp3) is 0.250. The number of rotatable bonds is 2. The van der Waals surface area contributed by atoms with Gasteiger partial charge in [-0.1, -0.05) is 36.4 Å². The summed E-state index contributed by atoms with van der Waals surface area (Å²) in [6.45, 7) is 5.42. The molecule has 0 bridgehead atoms. The van der Waals surface area contributed by atoms with E-state index in [1.54, 1.807) is 27.0 Å². The number of nitrogens with zero attached hydrogens (tertiary/aromatic N) is 1. The van der Waals surface area contributed by atoms with Gasteiger partial charge in [0.2, 0.25) is 0 Å². The third-order valence-corrected chi connectivity index (χ3v) is 2.54. The summed E-state index contributed by atoms with van der Waals surface area (Å²) in [7, 11) is 0. The average molecular weight is 270 g/mol. The van der Waals surface area contributed by atoms with Gasteiger partial charge in [0.1, 0.15) is 5.60 Å². The molecule has 104 valence electrons. The Morgan fingerprint density at radius 1 is 1.15 bits per heavy atom. The van der Waals surface area contributed by atoms with Crippen LogP contribution in [0.1, 0.15) is 26.3 Å². The molecular weight excluding hydrogens is 252 g/mol. The van der Waals surface area contributed by atoms with Crippen LogP contribution >= 0.6 is 0 Å². The van der Waals surface area contributed by atoms with E-state index in [0.717, 1.165) is 10.9 Å². The highest BCUT2D eigenvalue weighted by molar-refractivity contribution is 5.90. The van der Waals surface area contributed by atoms with Crippen molar-refractivity contribution in [2.75, 3.05) is 0 Å². The highest BCUT2D eigenvalue weighted by Gasteiger charge is 2.15. The largest absolute Gasteiger partial charge is 0.443 e. The zero-order valence-electron chi connectivity index (χ0n) is 11.9. The summed E-state index contributed by atoms with van der Waals surface area (Å²) in [5.74, 6) is 0. The Labute approximate surface area is 118 Å². The molecular formula is C16H18N2O2. The quantitative estimate of drug-likeness (QED) is 0.668. The van der Waals surface area contributed by atoms with Crippen molar-refractivity contribution in [3.05, 3.63) is 48.0 Å². The first kappa shape index (κ1) is 14.1. The molecule has 0 spiro atoms. The molecule has 4 nitrogen and oxygen atoms in total. The minimum atomic E-state index is -0.561. The maximum atomic E-state index is 11.4. The lowest BCUT2D eigenvalue weighted by Crippen LogP contribution is -2.29. The summed E-state index contributed by atoms with van der Waals surface area (Å²) in [5, 5.41) is 6.19. The second kappa shape index (κ2) is 5.74. The predicted molar refractivity (Wildman–Crippen MR) is 80.9 cm³/mol. The van der Waals surface area contributed by atoms with Crippen molar-refractivity contribution < 1.29 is 9.53 Å². The number of hydrazone groups is 1. The van der Waals surface area contributed by atoms with Crippen molar-refractivity contribution in [2.24, 2.45) is 5.10 Å². The van der Waals surface area contributed by atoms with Crippen molar-refractivity contribution in [3.8, 4) is 0 Å². The van der Waals surface area contributed by atoms with Gasteiger partial charge in [0.05, 0.1) is 6.21 Å². The molecule has 0 aromatic heterocycles. The first-order valence-corrected chi connectivity index (χ1v) is 6.45. The van der Waals surface area contributed by atoms with Gasteiger partial charge >= 0.3 is 6.09 Å². The van der Waals surface area contributed by atoms with E-state index >= 15 is 0 Å². The molecule has 1 amide bonds. The molecule has 0 atom stereocenters. The Morgan fingerprint density at radius 3 is 2.55 bits per heavy atom. The van der Waals surface area contributed by atoms with Gasteiger partial charge in [-0.15, -0.1) is 0 Å². The third-order valence-electron chi connectivity index (χ3n) is 2.54. The van der Waals surface area contributed by atoms with Crippen LogP contribution in [0.3, 0.4) is 0 Å². The minimum absolute atomic E-state index is 0.525. The normalized spacial score (nSPS) is 11.8. The Morgan fingerprint density at radius 2 is 1.85 bits per heavy atom. The molecule has 4 heteroatoms. The van der Waals surface area contributed by atoms with Gasteiger partial charge < -0.3 is 4.74 Å². The van der Waals surface area contributed by atoms with E-state index in [1.165, 1.54) is 5.39 Å². The van der Waals surface area contributed by atoms with E-state index in [2.05, 4.69) is 16.6 Å². The lowest BCUT2D eigenvalue weighted by Gasteiger charge is -2.18. The molecule has 0 unspecified atom stereocenters. The van der Waals surface area contributed by atoms with Crippen molar-refractivity contribution >= 4 is 23.1 Å². The monoisotopic (exact) mass is 270 g/mol. The number of hydrogen-bond donors (Lipinski definition) is 1. The highest BCUT2D eigenvalue weighted by atomic mass is 16.6. The van der Waals surface area contributed by atoms with Crippen LogP contribution in [-0.4, -0.2) is 17.9 Å². The topological polar surface area (TPSA) is 50.7 Å². The van der Waals surface area contributed by atoms with E-state index in [-0.39, 0.29) is 0 Å². The molecule has 0 fully saturated rings. The second-order valence-electron chi connectivity index (χ2n) is 5.48. The molecule has 0 saturated carbocycles. The Hall–Kier alpha value is -2.36. The number of benzene rings is 2. The summed E-state index contributed by atoms with van der Waals surface area (Å²) in [5.41, 5.74) is 2.74. The van der Waals surface area contributed by atoms with Gasteiger partial charge in [0.25, 0.3) is 0 Å². The zero-order valence-corrected chi connectivity index (χ0v) is 11.9. The van der Waals surface area contributed by atoms with Crippen LogP contribution in [-0.2, 0) is 4.74 Å². The summed E-state index contributed by atoms with van der Waals surface area (Å²) < 4.78 is 5.08. The minimum Gasteiger partial charge on any atom is -0.443 e. The van der Waals surface area contributed by atoms with E-state index < -0.39 is 11.7 Å². The SMILES string of the molecule is CC(C)(C)OC(=O)N/N=C\c1ccc2ccccc2c1. The second-order valence-corrected chi connectivity index (χ2v) is 5.48. The van der Waals surface area contributed by atoms with Gasteiger partial charge in [0, 0.05) is 0 Å². The van der Waals surface area contributed by atoms with E-state index in [0.29, 0.717) is 0 Å². The standard InChI is InChI=1S/C16H18N2O2/c1-16(2,3)20-15(19)18-17-11-12-8-9-13-6-4-5-7-14(13)10-12/h4-11H,1-3H3,(H,18,19)/b17-11-. The van der Waals surface area contributed by atoms with Gasteiger partial charge in [-0.2, -0.15) is 5.10 Å². The van der Waals surface area contributed by atoms with Crippen LogP contribution in [0, 0.1) is 0 Å². The van der Waals surface area contributed by atoms with Crippen molar-refractivity contribution in [1.29, 1.82) is 0 Å². The van der Waals surface area contributed by atoms with E-state index in [1.807, 2.05) is 36.4 Å². The van der Waals surface area contributed by atoms with Gasteiger partial charge in [0.15, 0.2) is 0 Å². The summed E-state index contributed by atoms with van der Waals surface area (Å²) in [6, 6.07) is 14.0.